The molecule has 11 aromatic rings. The van der Waals surface area contributed by atoms with Crippen LogP contribution in [0.2, 0.25) is 0 Å². The molecule has 2 aromatic heterocycles. The van der Waals surface area contributed by atoms with Crippen LogP contribution in [-0.2, 0) is 5.41 Å². The minimum atomic E-state index is -0.144. The smallest absolute Gasteiger partial charge is 0.143 e. The normalized spacial score (nSPS) is 13.1. The van der Waals surface area contributed by atoms with Crippen LogP contribution in [0.25, 0.3) is 86.3 Å². The lowest BCUT2D eigenvalue weighted by Gasteiger charge is -2.29. The molecule has 1 aliphatic carbocycles. The Morgan fingerprint density at radius 1 is 0.431 bits per heavy atom. The van der Waals surface area contributed by atoms with Crippen molar-refractivity contribution in [1.29, 1.82) is 0 Å². The first-order chi connectivity index (χ1) is 28.5. The van der Waals surface area contributed by atoms with Crippen molar-refractivity contribution >= 4 is 81.3 Å². The van der Waals surface area contributed by atoms with E-state index in [0.29, 0.717) is 0 Å². The van der Waals surface area contributed by atoms with Gasteiger partial charge in [-0.3, -0.25) is 0 Å². The van der Waals surface area contributed by atoms with Crippen LogP contribution in [0.3, 0.4) is 0 Å². The molecule has 0 radical (unpaired) electrons. The third-order valence-electron chi connectivity index (χ3n) is 12.5. The highest BCUT2D eigenvalue weighted by atomic mass is 32.1. The number of hydrogen-bond acceptors (Lipinski definition) is 3. The summed E-state index contributed by atoms with van der Waals surface area (Å²) in [4.78, 5) is 2.45. The van der Waals surface area contributed by atoms with E-state index in [9.17, 15) is 0 Å². The number of benzene rings is 9. The van der Waals surface area contributed by atoms with Gasteiger partial charge in [0.15, 0.2) is 0 Å². The van der Waals surface area contributed by atoms with Crippen molar-refractivity contribution in [3.05, 3.63) is 199 Å². The molecule has 2 nitrogen and oxygen atoms in total. The second kappa shape index (κ2) is 12.5. The van der Waals surface area contributed by atoms with Crippen molar-refractivity contribution in [3.63, 3.8) is 0 Å². The molecule has 9 aromatic carbocycles. The van der Waals surface area contributed by atoms with E-state index in [1.165, 1.54) is 70.1 Å². The Labute approximate surface area is 340 Å². The predicted molar refractivity (Wildman–Crippen MR) is 247 cm³/mol. The first-order valence-electron chi connectivity index (χ1n) is 20.0. The van der Waals surface area contributed by atoms with Crippen LogP contribution >= 0.6 is 11.3 Å². The second-order valence-electron chi connectivity index (χ2n) is 16.0. The van der Waals surface area contributed by atoms with Crippen LogP contribution in [0, 0.1) is 0 Å². The van der Waals surface area contributed by atoms with Crippen molar-refractivity contribution in [1.82, 2.24) is 0 Å². The molecule has 274 valence electrons. The summed E-state index contributed by atoms with van der Waals surface area (Å²) >= 11 is 1.86. The van der Waals surface area contributed by atoms with E-state index in [-0.39, 0.29) is 5.41 Å². The molecule has 12 rings (SSSR count). The van der Waals surface area contributed by atoms with Gasteiger partial charge in [0.05, 0.1) is 11.1 Å². The summed E-state index contributed by atoms with van der Waals surface area (Å²) in [5.74, 6) is 0. The maximum Gasteiger partial charge on any atom is 0.143 e. The van der Waals surface area contributed by atoms with Crippen LogP contribution in [0.15, 0.2) is 192 Å². The monoisotopic (exact) mass is 759 g/mol. The lowest BCUT2D eigenvalue weighted by Crippen LogP contribution is -2.16. The van der Waals surface area contributed by atoms with Crippen LogP contribution < -0.4 is 4.90 Å². The van der Waals surface area contributed by atoms with Gasteiger partial charge in [0, 0.05) is 47.7 Å². The minimum Gasteiger partial charge on any atom is -0.455 e. The van der Waals surface area contributed by atoms with E-state index < -0.39 is 0 Å². The lowest BCUT2D eigenvalue weighted by atomic mass is 9.82. The molecule has 1 aliphatic rings. The number of rotatable bonds is 5. The number of anilines is 3. The summed E-state index contributed by atoms with van der Waals surface area (Å²) in [6.07, 6.45) is 0. The molecular weight excluding hydrogens is 723 g/mol. The SMILES string of the molecule is CC1(C)c2ccccc2-c2ccc(N(c3cccc(-c4ccccc4)c3)c3cccc4oc5c6ccccc6c(-c6cccc7sc8ccccc8c67)cc5c34)cc21. The van der Waals surface area contributed by atoms with Crippen LogP contribution in [0.1, 0.15) is 25.0 Å². The summed E-state index contributed by atoms with van der Waals surface area (Å²) in [6.45, 7) is 4.71. The molecule has 3 heteroatoms. The molecule has 0 bridgehead atoms. The van der Waals surface area contributed by atoms with E-state index >= 15 is 0 Å². The quantitative estimate of drug-likeness (QED) is 0.174. The molecule has 0 saturated heterocycles. The molecule has 0 amide bonds. The van der Waals surface area contributed by atoms with E-state index in [1.54, 1.807) is 0 Å². The van der Waals surface area contributed by atoms with Crippen molar-refractivity contribution in [2.45, 2.75) is 19.3 Å². The highest BCUT2D eigenvalue weighted by Crippen LogP contribution is 2.52. The van der Waals surface area contributed by atoms with Gasteiger partial charge < -0.3 is 9.32 Å². The van der Waals surface area contributed by atoms with E-state index in [2.05, 4.69) is 207 Å². The Hall–Kier alpha value is -6.94. The van der Waals surface area contributed by atoms with E-state index in [4.69, 9.17) is 4.42 Å². The molecule has 0 N–H and O–H groups in total. The highest BCUT2D eigenvalue weighted by molar-refractivity contribution is 7.25. The molecule has 0 saturated carbocycles. The Kier molecular flexibility index (Phi) is 7.18. The first kappa shape index (κ1) is 33.2. The van der Waals surface area contributed by atoms with Gasteiger partial charge >= 0.3 is 0 Å². The third kappa shape index (κ3) is 4.84. The number of fused-ring (bicyclic) bond motifs is 11. The molecule has 0 atom stereocenters. The highest BCUT2D eigenvalue weighted by Gasteiger charge is 2.36. The van der Waals surface area contributed by atoms with Crippen molar-refractivity contribution in [2.24, 2.45) is 0 Å². The zero-order valence-electron chi connectivity index (χ0n) is 32.2. The Bertz CT molecular complexity index is 3440. The zero-order chi connectivity index (χ0) is 38.5. The van der Waals surface area contributed by atoms with Gasteiger partial charge in [0.2, 0.25) is 0 Å². The standard InChI is InChI=1S/C55H37NOS/c1-55(2)46-24-10-8-20-39(46)40-30-29-37(32-47(40)55)56(36-18-12-17-35(31-36)34-15-4-3-5-16-34)48-25-14-26-49-53(48)45-33-44(38-19-6-7-21-42(38)54(45)57-49)41-23-13-28-51-52(41)43-22-9-11-27-50(43)58-51/h3-33H,1-2H3. The summed E-state index contributed by atoms with van der Waals surface area (Å²) in [7, 11) is 0. The van der Waals surface area contributed by atoms with Crippen molar-refractivity contribution in [2.75, 3.05) is 4.90 Å². The van der Waals surface area contributed by atoms with Gasteiger partial charge in [0.1, 0.15) is 11.2 Å². The third-order valence-corrected chi connectivity index (χ3v) is 13.6. The number of hydrogen-bond donors (Lipinski definition) is 0. The van der Waals surface area contributed by atoms with Crippen molar-refractivity contribution < 1.29 is 4.42 Å². The summed E-state index contributed by atoms with van der Waals surface area (Å²) in [5.41, 5.74) is 15.1. The summed E-state index contributed by atoms with van der Waals surface area (Å²) in [6, 6.07) is 68.8. The molecule has 0 aliphatic heterocycles. The molecular formula is C55H37NOS. The Morgan fingerprint density at radius 3 is 2.00 bits per heavy atom. The van der Waals surface area contributed by atoms with Gasteiger partial charge in [-0.2, -0.15) is 0 Å². The molecule has 2 heterocycles. The minimum absolute atomic E-state index is 0.144. The molecule has 58 heavy (non-hydrogen) atoms. The fraction of sp³-hybridized carbons (Fsp3) is 0.0545. The maximum atomic E-state index is 6.98. The number of nitrogens with zero attached hydrogens (tertiary/aromatic N) is 1. The van der Waals surface area contributed by atoms with Crippen LogP contribution in [0.4, 0.5) is 17.1 Å². The predicted octanol–water partition coefficient (Wildman–Crippen LogP) is 16.2. The van der Waals surface area contributed by atoms with Gasteiger partial charge in [0.25, 0.3) is 0 Å². The Balaban J connectivity index is 1.15. The number of furan rings is 1. The van der Waals surface area contributed by atoms with E-state index in [1.807, 2.05) is 11.3 Å². The fourth-order valence-corrected chi connectivity index (χ4v) is 10.9. The van der Waals surface area contributed by atoms with Gasteiger partial charge in [-0.1, -0.05) is 147 Å². The van der Waals surface area contributed by atoms with Gasteiger partial charge in [-0.05, 0) is 104 Å². The second-order valence-corrected chi connectivity index (χ2v) is 17.1. The molecule has 0 spiro atoms. The fourth-order valence-electron chi connectivity index (χ4n) is 9.75. The Morgan fingerprint density at radius 2 is 1.10 bits per heavy atom. The first-order valence-corrected chi connectivity index (χ1v) is 20.8. The average Bonchev–Trinajstić information content (AvgIpc) is 3.92. The van der Waals surface area contributed by atoms with Gasteiger partial charge in [-0.15, -0.1) is 11.3 Å². The largest absolute Gasteiger partial charge is 0.455 e. The van der Waals surface area contributed by atoms with Crippen LogP contribution in [-0.4, -0.2) is 0 Å². The topological polar surface area (TPSA) is 16.4 Å². The van der Waals surface area contributed by atoms with Crippen LogP contribution in [0.5, 0.6) is 0 Å². The lowest BCUT2D eigenvalue weighted by molar-refractivity contribution is 0.660. The maximum absolute atomic E-state index is 6.98. The average molecular weight is 760 g/mol. The molecule has 0 fully saturated rings. The number of thiophene rings is 1. The molecule has 0 unspecified atom stereocenters. The van der Waals surface area contributed by atoms with Crippen molar-refractivity contribution in [3.8, 4) is 33.4 Å². The summed E-state index contributed by atoms with van der Waals surface area (Å²) < 4.78 is 9.58. The zero-order valence-corrected chi connectivity index (χ0v) is 33.0. The summed E-state index contributed by atoms with van der Waals surface area (Å²) in [5, 5.41) is 7.11. The van der Waals surface area contributed by atoms with Gasteiger partial charge in [-0.25, -0.2) is 0 Å². The van der Waals surface area contributed by atoms with E-state index in [0.717, 1.165) is 44.4 Å².